The minimum Gasteiger partial charge on any atom is -0.478 e. The summed E-state index contributed by atoms with van der Waals surface area (Å²) in [5, 5.41) is 20.2. The van der Waals surface area contributed by atoms with Gasteiger partial charge in [-0.05, 0) is 35.5 Å². The van der Waals surface area contributed by atoms with Gasteiger partial charge in [-0.25, -0.2) is 4.79 Å². The fraction of sp³-hybridized carbons (Fsp3) is 0.0588. The molecular formula is C17H14N4O2S. The Morgan fingerprint density at radius 3 is 2.58 bits per heavy atom. The molecule has 0 aliphatic heterocycles. The number of benzene rings is 2. The zero-order valence-corrected chi connectivity index (χ0v) is 13.4. The van der Waals surface area contributed by atoms with Crippen molar-refractivity contribution in [1.82, 2.24) is 14.9 Å². The summed E-state index contributed by atoms with van der Waals surface area (Å²) in [4.78, 5) is 10.9. The molecule has 0 saturated carbocycles. The van der Waals surface area contributed by atoms with Crippen molar-refractivity contribution in [2.45, 2.75) is 6.42 Å². The van der Waals surface area contributed by atoms with Crippen LogP contribution in [-0.4, -0.2) is 32.2 Å². The predicted octanol–water partition coefficient (Wildman–Crippen LogP) is 3.11. The van der Waals surface area contributed by atoms with Crippen LogP contribution in [-0.2, 0) is 6.42 Å². The Morgan fingerprint density at radius 2 is 1.92 bits per heavy atom. The Hall–Kier alpha value is -3.06. The highest BCUT2D eigenvalue weighted by molar-refractivity contribution is 7.71. The average molecular weight is 338 g/mol. The Balaban J connectivity index is 1.83. The minimum absolute atomic E-state index is 0.233. The second-order valence-electron chi connectivity index (χ2n) is 5.09. The first kappa shape index (κ1) is 15.8. The summed E-state index contributed by atoms with van der Waals surface area (Å²) >= 11 is 5.21. The first-order valence-corrected chi connectivity index (χ1v) is 7.62. The normalized spacial score (nSPS) is 11.0. The van der Waals surface area contributed by atoms with E-state index in [1.54, 1.807) is 23.0 Å². The molecule has 0 atom stereocenters. The number of carbonyl (C=O) groups is 1. The van der Waals surface area contributed by atoms with Crippen molar-refractivity contribution in [3.05, 3.63) is 81.9 Å². The van der Waals surface area contributed by atoms with Gasteiger partial charge in [-0.3, -0.25) is 5.10 Å². The van der Waals surface area contributed by atoms with Gasteiger partial charge in [-0.1, -0.05) is 42.5 Å². The molecule has 0 saturated heterocycles. The van der Waals surface area contributed by atoms with Crippen LogP contribution in [0.25, 0.3) is 0 Å². The van der Waals surface area contributed by atoms with Gasteiger partial charge >= 0.3 is 5.97 Å². The van der Waals surface area contributed by atoms with E-state index in [4.69, 9.17) is 17.3 Å². The third kappa shape index (κ3) is 3.64. The number of carboxylic acids is 1. The van der Waals surface area contributed by atoms with Crippen LogP contribution in [0, 0.1) is 4.77 Å². The molecule has 2 N–H and O–H groups in total. The zero-order chi connectivity index (χ0) is 16.9. The van der Waals surface area contributed by atoms with Crippen molar-refractivity contribution in [1.29, 1.82) is 0 Å². The predicted molar refractivity (Wildman–Crippen MR) is 93.1 cm³/mol. The molecule has 0 fully saturated rings. The van der Waals surface area contributed by atoms with Gasteiger partial charge in [0.2, 0.25) is 4.77 Å². The number of nitrogens with zero attached hydrogens (tertiary/aromatic N) is 3. The van der Waals surface area contributed by atoms with Gasteiger partial charge in [-0.2, -0.15) is 14.9 Å². The molecular weight excluding hydrogens is 324 g/mol. The van der Waals surface area contributed by atoms with Gasteiger partial charge in [-0.15, -0.1) is 0 Å². The van der Waals surface area contributed by atoms with Gasteiger partial charge < -0.3 is 5.11 Å². The van der Waals surface area contributed by atoms with Crippen molar-refractivity contribution >= 4 is 24.4 Å². The van der Waals surface area contributed by atoms with E-state index >= 15 is 0 Å². The maximum Gasteiger partial charge on any atom is 0.335 e. The fourth-order valence-corrected chi connectivity index (χ4v) is 2.37. The molecule has 3 aromatic rings. The minimum atomic E-state index is -0.958. The second-order valence-corrected chi connectivity index (χ2v) is 5.48. The molecule has 0 aliphatic carbocycles. The van der Waals surface area contributed by atoms with Crippen LogP contribution in [0.15, 0.2) is 59.7 Å². The highest BCUT2D eigenvalue weighted by Crippen LogP contribution is 2.08. The Kier molecular flexibility index (Phi) is 4.62. The second kappa shape index (κ2) is 7.01. The van der Waals surface area contributed by atoms with Gasteiger partial charge in [0.15, 0.2) is 5.82 Å². The van der Waals surface area contributed by atoms with Crippen LogP contribution in [0.2, 0.25) is 0 Å². The summed E-state index contributed by atoms with van der Waals surface area (Å²) in [5.41, 5.74) is 2.11. The largest absolute Gasteiger partial charge is 0.478 e. The van der Waals surface area contributed by atoms with Crippen molar-refractivity contribution in [3.63, 3.8) is 0 Å². The number of H-pyrrole nitrogens is 1. The third-order valence-electron chi connectivity index (χ3n) is 3.40. The Labute approximate surface area is 143 Å². The number of carboxylic acid groups (broad SMARTS) is 1. The van der Waals surface area contributed by atoms with Crippen molar-refractivity contribution in [2.24, 2.45) is 5.10 Å². The summed E-state index contributed by atoms with van der Waals surface area (Å²) in [6.07, 6.45) is 2.22. The number of nitrogens with one attached hydrogen (secondary N) is 1. The molecule has 0 amide bonds. The lowest BCUT2D eigenvalue weighted by atomic mass is 10.1. The van der Waals surface area contributed by atoms with Gasteiger partial charge in [0.25, 0.3) is 0 Å². The molecule has 3 rings (SSSR count). The lowest BCUT2D eigenvalue weighted by Crippen LogP contribution is -2.00. The molecule has 0 aliphatic rings. The van der Waals surface area contributed by atoms with E-state index < -0.39 is 5.97 Å². The monoisotopic (exact) mass is 338 g/mol. The number of aromatic amines is 1. The topological polar surface area (TPSA) is 83.3 Å². The van der Waals surface area contributed by atoms with Crippen LogP contribution >= 0.6 is 12.2 Å². The smallest absolute Gasteiger partial charge is 0.335 e. The standard InChI is InChI=1S/C17H14N4O2S/c22-16(23)14-8-6-13(7-9-14)11-18-21-15(19-20-17(21)24)10-12-4-2-1-3-5-12/h1-9,11H,10H2,(H,20,24)(H,22,23)/b18-11-. The number of aromatic nitrogens is 3. The number of hydrogen-bond acceptors (Lipinski definition) is 4. The van der Waals surface area contributed by atoms with Crippen LogP contribution in [0.3, 0.4) is 0 Å². The first-order valence-electron chi connectivity index (χ1n) is 7.21. The molecule has 24 heavy (non-hydrogen) atoms. The molecule has 2 aromatic carbocycles. The summed E-state index contributed by atoms with van der Waals surface area (Å²) < 4.78 is 1.97. The highest BCUT2D eigenvalue weighted by atomic mass is 32.1. The van der Waals surface area contributed by atoms with E-state index in [0.29, 0.717) is 17.0 Å². The molecule has 0 spiro atoms. The zero-order valence-electron chi connectivity index (χ0n) is 12.6. The lowest BCUT2D eigenvalue weighted by Gasteiger charge is -2.01. The summed E-state index contributed by atoms with van der Waals surface area (Å²) in [5.74, 6) is -0.259. The molecule has 1 aromatic heterocycles. The van der Waals surface area contributed by atoms with Crippen LogP contribution in [0.5, 0.6) is 0 Å². The fourth-order valence-electron chi connectivity index (χ4n) is 2.17. The Bertz CT molecular complexity index is 927. The van der Waals surface area contributed by atoms with Crippen molar-refractivity contribution < 1.29 is 9.90 Å². The van der Waals surface area contributed by atoms with Gasteiger partial charge in [0.1, 0.15) is 0 Å². The SMILES string of the molecule is O=C(O)c1ccc(/C=N\n2c(Cc3ccccc3)n[nH]c2=S)cc1. The number of aromatic carboxylic acids is 1. The summed E-state index contributed by atoms with van der Waals surface area (Å²) in [6, 6.07) is 16.3. The molecule has 6 nitrogen and oxygen atoms in total. The highest BCUT2D eigenvalue weighted by Gasteiger charge is 2.06. The van der Waals surface area contributed by atoms with E-state index in [9.17, 15) is 4.79 Å². The van der Waals surface area contributed by atoms with Crippen LogP contribution < -0.4 is 0 Å². The summed E-state index contributed by atoms with van der Waals surface area (Å²) in [7, 11) is 0. The van der Waals surface area contributed by atoms with Crippen LogP contribution in [0.4, 0.5) is 0 Å². The lowest BCUT2D eigenvalue weighted by molar-refractivity contribution is 0.0697. The van der Waals surface area contributed by atoms with Gasteiger partial charge in [0, 0.05) is 6.42 Å². The van der Waals surface area contributed by atoms with E-state index in [2.05, 4.69) is 15.3 Å². The summed E-state index contributed by atoms with van der Waals surface area (Å²) in [6.45, 7) is 0. The van der Waals surface area contributed by atoms with E-state index in [0.717, 1.165) is 11.1 Å². The molecule has 1 heterocycles. The van der Waals surface area contributed by atoms with Gasteiger partial charge in [0.05, 0.1) is 11.8 Å². The van der Waals surface area contributed by atoms with E-state index in [1.165, 1.54) is 12.1 Å². The maximum absolute atomic E-state index is 10.9. The first-order chi connectivity index (χ1) is 11.6. The van der Waals surface area contributed by atoms with Crippen LogP contribution in [0.1, 0.15) is 27.3 Å². The molecule has 7 heteroatoms. The van der Waals surface area contributed by atoms with E-state index in [-0.39, 0.29) is 5.56 Å². The average Bonchev–Trinajstić information content (AvgIpc) is 2.94. The molecule has 0 bridgehead atoms. The van der Waals surface area contributed by atoms with Crippen molar-refractivity contribution in [2.75, 3.05) is 0 Å². The van der Waals surface area contributed by atoms with Crippen molar-refractivity contribution in [3.8, 4) is 0 Å². The third-order valence-corrected chi connectivity index (χ3v) is 3.67. The molecule has 0 unspecified atom stereocenters. The quantitative estimate of drug-likeness (QED) is 0.553. The molecule has 0 radical (unpaired) electrons. The Morgan fingerprint density at radius 1 is 1.21 bits per heavy atom. The maximum atomic E-state index is 10.9. The number of rotatable bonds is 5. The number of hydrogen-bond donors (Lipinski definition) is 2. The van der Waals surface area contributed by atoms with E-state index in [1.807, 2.05) is 30.3 Å². The molecule has 120 valence electrons.